The van der Waals surface area contributed by atoms with E-state index in [0.717, 1.165) is 0 Å². The van der Waals surface area contributed by atoms with Gasteiger partial charge < -0.3 is 0 Å². The SMILES string of the molecule is C[O][Sb]1[O]Cc2ccccc2C[O]1. The number of hydrogen-bond acceptors (Lipinski definition) is 3. The molecule has 0 fully saturated rings. The van der Waals surface area contributed by atoms with Gasteiger partial charge in [-0.05, 0) is 0 Å². The zero-order valence-electron chi connectivity index (χ0n) is 7.40. The molecule has 3 nitrogen and oxygen atoms in total. The predicted octanol–water partition coefficient (Wildman–Crippen LogP) is 1.36. The third kappa shape index (κ3) is 2.23. The second-order valence-corrected chi connectivity index (χ2v) is 6.51. The predicted molar refractivity (Wildman–Crippen MR) is 48.8 cm³/mol. The fourth-order valence-electron chi connectivity index (χ4n) is 1.23. The molecule has 1 aromatic carbocycles. The van der Waals surface area contributed by atoms with Gasteiger partial charge in [0.25, 0.3) is 0 Å². The first kappa shape index (κ1) is 9.47. The van der Waals surface area contributed by atoms with Crippen molar-refractivity contribution in [2.24, 2.45) is 0 Å². The van der Waals surface area contributed by atoms with Crippen LogP contribution in [-0.4, -0.2) is 28.6 Å². The number of rotatable bonds is 1. The molecule has 0 radical (unpaired) electrons. The third-order valence-corrected chi connectivity index (χ3v) is 4.71. The van der Waals surface area contributed by atoms with E-state index in [1.165, 1.54) is 11.1 Å². The molecule has 0 atom stereocenters. The fraction of sp³-hybridized carbons (Fsp3) is 0.333. The molecule has 0 bridgehead atoms. The van der Waals surface area contributed by atoms with Gasteiger partial charge >= 0.3 is 86.2 Å². The molecule has 13 heavy (non-hydrogen) atoms. The van der Waals surface area contributed by atoms with Gasteiger partial charge in [0, 0.05) is 0 Å². The van der Waals surface area contributed by atoms with Crippen molar-refractivity contribution in [2.75, 3.05) is 7.11 Å². The molecule has 0 saturated heterocycles. The van der Waals surface area contributed by atoms with E-state index < -0.39 is 21.5 Å². The van der Waals surface area contributed by atoms with E-state index in [1.807, 2.05) is 12.1 Å². The Balaban J connectivity index is 2.17. The van der Waals surface area contributed by atoms with Crippen molar-refractivity contribution in [1.82, 2.24) is 0 Å². The van der Waals surface area contributed by atoms with E-state index in [9.17, 15) is 0 Å². The summed E-state index contributed by atoms with van der Waals surface area (Å²) in [4.78, 5) is 0. The van der Waals surface area contributed by atoms with Crippen LogP contribution in [0, 0.1) is 0 Å². The maximum atomic E-state index is 5.52. The standard InChI is InChI=1S/C8H8O2.CH3O.Sb/c9-5-7-3-1-2-4-8(7)6-10;1-2;/h1-4H,5-6H2;1H3;/q-2;-1;+3. The molecule has 0 aliphatic carbocycles. The summed E-state index contributed by atoms with van der Waals surface area (Å²) in [6, 6.07) is 8.17. The molecule has 0 unspecified atom stereocenters. The van der Waals surface area contributed by atoms with Crippen molar-refractivity contribution in [3.05, 3.63) is 35.4 Å². The van der Waals surface area contributed by atoms with Gasteiger partial charge in [-0.1, -0.05) is 0 Å². The van der Waals surface area contributed by atoms with Crippen molar-refractivity contribution < 1.29 is 9.05 Å². The molecule has 0 saturated carbocycles. The summed E-state index contributed by atoms with van der Waals surface area (Å²) in [5, 5.41) is 0. The molecule has 4 heteroatoms. The molecular formula is C9H11O3Sb. The Morgan fingerprint density at radius 3 is 2.15 bits per heavy atom. The van der Waals surface area contributed by atoms with Crippen LogP contribution in [0.1, 0.15) is 11.1 Å². The Morgan fingerprint density at radius 1 is 1.15 bits per heavy atom. The van der Waals surface area contributed by atoms with Gasteiger partial charge in [0.05, 0.1) is 0 Å². The molecule has 70 valence electrons. The number of benzene rings is 1. The summed E-state index contributed by atoms with van der Waals surface area (Å²) in [6.45, 7) is 1.26. The Bertz CT molecular complexity index is 263. The average molecular weight is 289 g/mol. The van der Waals surface area contributed by atoms with E-state index >= 15 is 0 Å². The van der Waals surface area contributed by atoms with Crippen LogP contribution in [0.15, 0.2) is 24.3 Å². The molecule has 1 heterocycles. The molecule has 1 aliphatic rings. The molecule has 0 spiro atoms. The first-order chi connectivity index (χ1) is 6.40. The van der Waals surface area contributed by atoms with Crippen LogP contribution in [0.25, 0.3) is 0 Å². The van der Waals surface area contributed by atoms with Gasteiger partial charge in [-0.2, -0.15) is 0 Å². The van der Waals surface area contributed by atoms with Crippen LogP contribution in [0.2, 0.25) is 0 Å². The van der Waals surface area contributed by atoms with Crippen LogP contribution in [-0.2, 0) is 22.3 Å². The van der Waals surface area contributed by atoms with Crippen molar-refractivity contribution in [3.8, 4) is 0 Å². The van der Waals surface area contributed by atoms with Crippen LogP contribution in [0.4, 0.5) is 0 Å². The Morgan fingerprint density at radius 2 is 1.69 bits per heavy atom. The zero-order chi connectivity index (χ0) is 9.10. The Labute approximate surface area is 86.3 Å². The average Bonchev–Trinajstić information content (AvgIpc) is 2.39. The van der Waals surface area contributed by atoms with Crippen molar-refractivity contribution >= 4 is 21.5 Å². The monoisotopic (exact) mass is 288 g/mol. The second-order valence-electron chi connectivity index (χ2n) is 2.72. The zero-order valence-corrected chi connectivity index (χ0v) is 9.95. The van der Waals surface area contributed by atoms with Gasteiger partial charge in [0.15, 0.2) is 0 Å². The minimum absolute atomic E-state index is 0.632. The molecule has 0 N–H and O–H groups in total. The Kier molecular flexibility index (Phi) is 3.22. The Hall–Kier alpha value is -0.0818. The summed E-state index contributed by atoms with van der Waals surface area (Å²) in [7, 11) is 1.65. The summed E-state index contributed by atoms with van der Waals surface area (Å²) in [5.74, 6) is 0. The topological polar surface area (TPSA) is 27.7 Å². The van der Waals surface area contributed by atoms with Crippen molar-refractivity contribution in [2.45, 2.75) is 13.2 Å². The van der Waals surface area contributed by atoms with Crippen molar-refractivity contribution in [1.29, 1.82) is 0 Å². The second kappa shape index (κ2) is 4.43. The van der Waals surface area contributed by atoms with E-state index in [4.69, 9.17) is 9.05 Å². The summed E-state index contributed by atoms with van der Waals surface area (Å²) in [5.41, 5.74) is 2.43. The number of fused-ring (bicyclic) bond motifs is 1. The molecule has 0 amide bonds. The van der Waals surface area contributed by atoms with Gasteiger partial charge in [-0.3, -0.25) is 0 Å². The van der Waals surface area contributed by atoms with E-state index in [0.29, 0.717) is 13.2 Å². The first-order valence-corrected chi connectivity index (χ1v) is 7.19. The molecule has 2 rings (SSSR count). The van der Waals surface area contributed by atoms with E-state index in [-0.39, 0.29) is 0 Å². The maximum absolute atomic E-state index is 5.52. The normalized spacial score (nSPS) is 17.9. The molecule has 0 aromatic heterocycles. The fourth-order valence-corrected chi connectivity index (χ4v) is 3.44. The molecule has 1 aromatic rings. The van der Waals surface area contributed by atoms with Gasteiger partial charge in [0.1, 0.15) is 0 Å². The van der Waals surface area contributed by atoms with Crippen LogP contribution in [0.5, 0.6) is 0 Å². The van der Waals surface area contributed by atoms with E-state index in [2.05, 4.69) is 12.1 Å². The van der Waals surface area contributed by atoms with Crippen molar-refractivity contribution in [3.63, 3.8) is 0 Å². The summed E-state index contributed by atoms with van der Waals surface area (Å²) in [6.07, 6.45) is 0. The van der Waals surface area contributed by atoms with Crippen LogP contribution in [0.3, 0.4) is 0 Å². The van der Waals surface area contributed by atoms with Crippen LogP contribution >= 0.6 is 0 Å². The minimum atomic E-state index is -2.25. The van der Waals surface area contributed by atoms with Gasteiger partial charge in [-0.25, -0.2) is 0 Å². The quantitative estimate of drug-likeness (QED) is 0.731. The van der Waals surface area contributed by atoms with Crippen LogP contribution < -0.4 is 0 Å². The number of hydrogen-bond donors (Lipinski definition) is 0. The summed E-state index contributed by atoms with van der Waals surface area (Å²) >= 11 is -2.25. The first-order valence-electron chi connectivity index (χ1n) is 4.07. The summed E-state index contributed by atoms with van der Waals surface area (Å²) < 4.78 is 16.2. The van der Waals surface area contributed by atoms with Gasteiger partial charge in [0.2, 0.25) is 0 Å². The molecule has 1 aliphatic heterocycles. The van der Waals surface area contributed by atoms with Gasteiger partial charge in [-0.15, -0.1) is 0 Å². The van der Waals surface area contributed by atoms with E-state index in [1.54, 1.807) is 7.11 Å². The molecular weight excluding hydrogens is 278 g/mol. The third-order valence-electron chi connectivity index (χ3n) is 1.92.